The summed E-state index contributed by atoms with van der Waals surface area (Å²) in [7, 11) is 1.48. The SMILES string of the molecule is CC1CC([C@@H](NC(=O)C2CC(Cn3cccc(F)c3=N)CC(c3cc(C(F)(F)F)nn3C)C2)C2CC2)CCC1F. The first-order valence-corrected chi connectivity index (χ1v) is 14.4. The van der Waals surface area contributed by atoms with Crippen LogP contribution in [-0.2, 0) is 24.6 Å². The second-order valence-electron chi connectivity index (χ2n) is 12.3. The summed E-state index contributed by atoms with van der Waals surface area (Å²) in [5.41, 5.74) is -0.816. The monoisotopic (exact) mass is 567 g/mol. The fourth-order valence-electron chi connectivity index (χ4n) is 7.08. The van der Waals surface area contributed by atoms with Gasteiger partial charge in [0.1, 0.15) is 6.17 Å². The number of alkyl halides is 4. The van der Waals surface area contributed by atoms with Crippen LogP contribution < -0.4 is 10.8 Å². The first kappa shape index (κ1) is 28.8. The summed E-state index contributed by atoms with van der Waals surface area (Å²) in [6.07, 6.45) is 1.62. The lowest BCUT2D eigenvalue weighted by Crippen LogP contribution is -2.48. The summed E-state index contributed by atoms with van der Waals surface area (Å²) < 4.78 is 71.3. The maximum absolute atomic E-state index is 14.2. The van der Waals surface area contributed by atoms with Gasteiger partial charge in [-0.05, 0) is 93.2 Å². The summed E-state index contributed by atoms with van der Waals surface area (Å²) in [5, 5.41) is 15.1. The Morgan fingerprint density at radius 2 is 1.88 bits per heavy atom. The lowest BCUT2D eigenvalue weighted by Gasteiger charge is -2.38. The van der Waals surface area contributed by atoms with Crippen LogP contribution in [0.15, 0.2) is 24.4 Å². The topological polar surface area (TPSA) is 75.7 Å². The third-order valence-electron chi connectivity index (χ3n) is 9.33. The average molecular weight is 568 g/mol. The molecule has 220 valence electrons. The second kappa shape index (κ2) is 11.3. The van der Waals surface area contributed by atoms with Crippen LogP contribution in [0, 0.1) is 40.8 Å². The smallest absolute Gasteiger partial charge is 0.353 e. The highest BCUT2D eigenvalue weighted by Gasteiger charge is 2.43. The Hall–Kier alpha value is -2.72. The molecule has 6 nitrogen and oxygen atoms in total. The highest BCUT2D eigenvalue weighted by molar-refractivity contribution is 5.79. The van der Waals surface area contributed by atoms with Crippen molar-refractivity contribution in [3.63, 3.8) is 0 Å². The van der Waals surface area contributed by atoms with Gasteiger partial charge in [0, 0.05) is 43.4 Å². The van der Waals surface area contributed by atoms with Gasteiger partial charge in [-0.2, -0.15) is 18.3 Å². The summed E-state index contributed by atoms with van der Waals surface area (Å²) in [6.45, 7) is 2.21. The Morgan fingerprint density at radius 3 is 2.52 bits per heavy atom. The minimum atomic E-state index is -4.58. The zero-order valence-electron chi connectivity index (χ0n) is 22.9. The van der Waals surface area contributed by atoms with Crippen LogP contribution in [0.1, 0.15) is 75.6 Å². The molecule has 0 spiro atoms. The molecule has 0 aliphatic heterocycles. The lowest BCUT2D eigenvalue weighted by atomic mass is 9.72. The van der Waals surface area contributed by atoms with E-state index in [1.807, 2.05) is 6.92 Å². The molecule has 3 fully saturated rings. The number of halogens is 5. The standard InChI is InChI=1S/C29H38F5N5O/c1-16-10-19(7-8-22(16)30)26(18-5-6-18)36-28(40)21-12-17(15-39-9-3-4-23(31)27(39)35)11-20(13-21)24-14-25(29(32,33)34)37-38(24)2/h3-4,9,14,16-22,26,35H,5-8,10-13,15H2,1-2H3,(H,36,40)/t16?,17?,19?,20?,21?,22?,26-/m0/s1. The van der Waals surface area contributed by atoms with Gasteiger partial charge in [0.2, 0.25) is 5.91 Å². The summed E-state index contributed by atoms with van der Waals surface area (Å²) >= 11 is 0. The minimum Gasteiger partial charge on any atom is -0.353 e. The molecule has 0 bridgehead atoms. The van der Waals surface area contributed by atoms with Gasteiger partial charge in [-0.3, -0.25) is 14.9 Å². The van der Waals surface area contributed by atoms with E-state index in [1.165, 1.54) is 28.4 Å². The van der Waals surface area contributed by atoms with E-state index in [1.54, 1.807) is 6.20 Å². The third-order valence-corrected chi connectivity index (χ3v) is 9.33. The minimum absolute atomic E-state index is 0.0211. The molecule has 2 N–H and O–H groups in total. The Labute approximate surface area is 230 Å². The molecule has 0 aromatic carbocycles. The van der Waals surface area contributed by atoms with E-state index in [-0.39, 0.29) is 47.7 Å². The van der Waals surface area contributed by atoms with Crippen LogP contribution in [0.3, 0.4) is 0 Å². The maximum Gasteiger partial charge on any atom is 0.435 e. The van der Waals surface area contributed by atoms with Crippen molar-refractivity contribution in [3.8, 4) is 0 Å². The Balaban J connectivity index is 1.38. The highest BCUT2D eigenvalue weighted by atomic mass is 19.4. The molecule has 11 heteroatoms. The number of amides is 1. The first-order valence-electron chi connectivity index (χ1n) is 14.4. The van der Waals surface area contributed by atoms with E-state index in [0.717, 1.165) is 31.7 Å². The zero-order valence-corrected chi connectivity index (χ0v) is 22.9. The molecule has 3 saturated carbocycles. The molecule has 40 heavy (non-hydrogen) atoms. The number of aryl methyl sites for hydroxylation is 1. The Morgan fingerprint density at radius 1 is 1.15 bits per heavy atom. The number of nitrogens with one attached hydrogen (secondary N) is 2. The van der Waals surface area contributed by atoms with E-state index in [9.17, 15) is 26.7 Å². The molecule has 2 heterocycles. The van der Waals surface area contributed by atoms with Crippen LogP contribution in [0.4, 0.5) is 22.0 Å². The Bertz CT molecular complexity index is 1270. The largest absolute Gasteiger partial charge is 0.435 e. The molecule has 0 saturated heterocycles. The van der Waals surface area contributed by atoms with Crippen LogP contribution in [0.5, 0.6) is 0 Å². The van der Waals surface area contributed by atoms with Gasteiger partial charge >= 0.3 is 6.18 Å². The number of pyridine rings is 1. The number of aromatic nitrogens is 3. The van der Waals surface area contributed by atoms with Gasteiger partial charge in [-0.15, -0.1) is 0 Å². The normalized spacial score (nSPS) is 30.2. The van der Waals surface area contributed by atoms with Crippen LogP contribution in [0.25, 0.3) is 0 Å². The highest BCUT2D eigenvalue weighted by Crippen LogP contribution is 2.44. The number of hydrogen-bond acceptors (Lipinski definition) is 3. The van der Waals surface area contributed by atoms with Crippen molar-refractivity contribution in [1.82, 2.24) is 19.7 Å². The van der Waals surface area contributed by atoms with Crippen molar-refractivity contribution in [1.29, 1.82) is 5.41 Å². The van der Waals surface area contributed by atoms with Gasteiger partial charge < -0.3 is 9.88 Å². The second-order valence-corrected chi connectivity index (χ2v) is 12.3. The van der Waals surface area contributed by atoms with Crippen molar-refractivity contribution < 1.29 is 26.7 Å². The van der Waals surface area contributed by atoms with Crippen molar-refractivity contribution in [3.05, 3.63) is 47.1 Å². The molecule has 1 amide bonds. The predicted molar refractivity (Wildman–Crippen MR) is 138 cm³/mol. The van der Waals surface area contributed by atoms with E-state index in [2.05, 4.69) is 10.4 Å². The van der Waals surface area contributed by atoms with Gasteiger partial charge in [-0.25, -0.2) is 8.78 Å². The molecule has 3 aliphatic carbocycles. The van der Waals surface area contributed by atoms with E-state index in [0.29, 0.717) is 37.3 Å². The molecular weight excluding hydrogens is 529 g/mol. The van der Waals surface area contributed by atoms with Gasteiger partial charge in [0.15, 0.2) is 17.0 Å². The zero-order chi connectivity index (χ0) is 28.8. The van der Waals surface area contributed by atoms with E-state index < -0.39 is 29.8 Å². The fraction of sp³-hybridized carbons (Fsp3) is 0.690. The number of nitrogens with zero attached hydrogens (tertiary/aromatic N) is 3. The quantitative estimate of drug-likeness (QED) is 0.420. The van der Waals surface area contributed by atoms with Gasteiger partial charge in [0.05, 0.1) is 0 Å². The maximum atomic E-state index is 14.2. The summed E-state index contributed by atoms with van der Waals surface area (Å²) in [6, 6.07) is 3.77. The summed E-state index contributed by atoms with van der Waals surface area (Å²) in [4.78, 5) is 13.8. The molecule has 3 aliphatic rings. The number of carbonyl (C=O) groups excluding carboxylic acids is 1. The van der Waals surface area contributed by atoms with Gasteiger partial charge in [0.25, 0.3) is 0 Å². The van der Waals surface area contributed by atoms with E-state index in [4.69, 9.17) is 5.41 Å². The van der Waals surface area contributed by atoms with Crippen molar-refractivity contribution in [2.45, 2.75) is 89.1 Å². The predicted octanol–water partition coefficient (Wildman–Crippen LogP) is 5.73. The molecule has 0 radical (unpaired) electrons. The molecule has 5 rings (SSSR count). The number of hydrogen-bond donors (Lipinski definition) is 2. The lowest BCUT2D eigenvalue weighted by molar-refractivity contribution is -0.141. The summed E-state index contributed by atoms with van der Waals surface area (Å²) in [5.74, 6) is -1.18. The average Bonchev–Trinajstić information content (AvgIpc) is 3.66. The molecule has 2 aromatic heterocycles. The van der Waals surface area contributed by atoms with Gasteiger partial charge in [-0.1, -0.05) is 6.92 Å². The molecule has 6 unspecified atom stereocenters. The first-order chi connectivity index (χ1) is 18.9. The van der Waals surface area contributed by atoms with Crippen molar-refractivity contribution in [2.24, 2.45) is 36.6 Å². The van der Waals surface area contributed by atoms with E-state index >= 15 is 0 Å². The number of carbonyl (C=O) groups is 1. The third kappa shape index (κ3) is 6.28. The molecule has 2 aromatic rings. The van der Waals surface area contributed by atoms with Crippen molar-refractivity contribution in [2.75, 3.05) is 0 Å². The molecule has 7 atom stereocenters. The van der Waals surface area contributed by atoms with Crippen LogP contribution in [-0.4, -0.2) is 32.5 Å². The van der Waals surface area contributed by atoms with Crippen LogP contribution >= 0.6 is 0 Å². The molecular formula is C29H38F5N5O. The number of rotatable bonds is 7. The van der Waals surface area contributed by atoms with Crippen molar-refractivity contribution >= 4 is 5.91 Å². The Kier molecular flexibility index (Phi) is 8.12. The van der Waals surface area contributed by atoms with Crippen LogP contribution in [0.2, 0.25) is 0 Å². The fourth-order valence-corrected chi connectivity index (χ4v) is 7.08.